The number of aryl methyl sites for hydroxylation is 1. The Morgan fingerprint density at radius 1 is 1.41 bits per heavy atom. The Kier molecular flexibility index (Phi) is 4.16. The molecule has 94 valence electrons. The van der Waals surface area contributed by atoms with Gasteiger partial charge in [0, 0.05) is 10.2 Å². The van der Waals surface area contributed by atoms with E-state index in [1.54, 1.807) is 12.1 Å². The zero-order valence-corrected chi connectivity index (χ0v) is 11.7. The normalized spacial score (nSPS) is 13.1. The van der Waals surface area contributed by atoms with Crippen LogP contribution in [0.15, 0.2) is 22.7 Å². The number of aliphatic carboxylic acids is 1. The largest absolute Gasteiger partial charge is 0.480 e. The molecule has 0 bridgehead atoms. The van der Waals surface area contributed by atoms with Crippen molar-refractivity contribution in [3.63, 3.8) is 0 Å². The Hall–Kier alpha value is -1.08. The van der Waals surface area contributed by atoms with E-state index in [2.05, 4.69) is 20.7 Å². The summed E-state index contributed by atoms with van der Waals surface area (Å²) in [4.78, 5) is 10.6. The monoisotopic (exact) mass is 321 g/mol. The Bertz CT molecular complexity index is 521. The zero-order valence-electron chi connectivity index (χ0n) is 9.27. The lowest BCUT2D eigenvalue weighted by Gasteiger charge is -2.12. The van der Waals surface area contributed by atoms with Crippen LogP contribution in [0.3, 0.4) is 0 Å². The van der Waals surface area contributed by atoms with Crippen LogP contribution < -0.4 is 4.72 Å². The highest BCUT2D eigenvalue weighted by atomic mass is 79.9. The highest BCUT2D eigenvalue weighted by Crippen LogP contribution is 2.20. The number of nitrogens with one attached hydrogen (secondary N) is 1. The highest BCUT2D eigenvalue weighted by Gasteiger charge is 2.27. The van der Waals surface area contributed by atoms with Gasteiger partial charge in [-0.05, 0) is 37.6 Å². The van der Waals surface area contributed by atoms with E-state index in [-0.39, 0.29) is 0 Å². The molecular formula is C10H12BrNO4S. The van der Waals surface area contributed by atoms with Crippen molar-refractivity contribution >= 4 is 37.6 Å². The molecule has 1 atom stereocenters. The molecule has 0 amide bonds. The lowest BCUT2D eigenvalue weighted by atomic mass is 10.2. The fourth-order valence-electron chi connectivity index (χ4n) is 1.18. The fourth-order valence-corrected chi connectivity index (χ4v) is 2.68. The van der Waals surface area contributed by atoms with Gasteiger partial charge in [-0.2, -0.15) is 0 Å². The first-order chi connectivity index (χ1) is 7.72. The van der Waals surface area contributed by atoms with Crippen LogP contribution in [-0.4, -0.2) is 24.7 Å². The van der Waals surface area contributed by atoms with Gasteiger partial charge in [0.1, 0.15) is 0 Å². The third-order valence-corrected chi connectivity index (χ3v) is 4.23. The van der Waals surface area contributed by atoms with Crippen molar-refractivity contribution in [1.29, 1.82) is 0 Å². The van der Waals surface area contributed by atoms with Crippen molar-refractivity contribution in [2.75, 3.05) is 4.72 Å². The highest BCUT2D eigenvalue weighted by molar-refractivity contribution is 9.10. The molecule has 7 heteroatoms. The van der Waals surface area contributed by atoms with Crippen molar-refractivity contribution in [2.24, 2.45) is 0 Å². The summed E-state index contributed by atoms with van der Waals surface area (Å²) in [6.45, 7) is 2.93. The number of carboxylic acids is 1. The molecule has 0 heterocycles. The van der Waals surface area contributed by atoms with Crippen LogP contribution in [-0.2, 0) is 14.8 Å². The standard InChI is InChI=1S/C10H12BrNO4S/c1-6-3-8(11)5-9(4-6)12-17(15,16)7(2)10(13)14/h3-5,7,12H,1-2H3,(H,13,14). The smallest absolute Gasteiger partial charge is 0.323 e. The minimum absolute atomic E-state index is 0.338. The summed E-state index contributed by atoms with van der Waals surface area (Å²) in [5.41, 5.74) is 1.20. The Morgan fingerprint density at radius 2 is 2.00 bits per heavy atom. The third-order valence-electron chi connectivity index (χ3n) is 2.12. The van der Waals surface area contributed by atoms with E-state index in [0.29, 0.717) is 5.69 Å². The van der Waals surface area contributed by atoms with Crippen molar-refractivity contribution in [3.05, 3.63) is 28.2 Å². The average molecular weight is 322 g/mol. The van der Waals surface area contributed by atoms with E-state index in [9.17, 15) is 13.2 Å². The number of halogens is 1. The molecule has 0 saturated carbocycles. The maximum atomic E-state index is 11.7. The van der Waals surface area contributed by atoms with Gasteiger partial charge in [0.2, 0.25) is 10.0 Å². The Labute approximate surface area is 108 Å². The predicted octanol–water partition coefficient (Wildman–Crippen LogP) is 1.97. The van der Waals surface area contributed by atoms with Crippen LogP contribution in [0.5, 0.6) is 0 Å². The molecule has 0 fully saturated rings. The van der Waals surface area contributed by atoms with Crippen LogP contribution in [0.1, 0.15) is 12.5 Å². The number of benzene rings is 1. The summed E-state index contributed by atoms with van der Waals surface area (Å²) in [6, 6.07) is 5.01. The van der Waals surface area contributed by atoms with Gasteiger partial charge in [0.25, 0.3) is 0 Å². The lowest BCUT2D eigenvalue weighted by molar-refractivity contribution is -0.136. The maximum Gasteiger partial charge on any atom is 0.323 e. The van der Waals surface area contributed by atoms with Crippen molar-refractivity contribution in [1.82, 2.24) is 0 Å². The number of hydrogen-bond donors (Lipinski definition) is 2. The SMILES string of the molecule is Cc1cc(Br)cc(NS(=O)(=O)C(C)C(=O)O)c1. The average Bonchev–Trinajstić information content (AvgIpc) is 2.13. The van der Waals surface area contributed by atoms with Gasteiger partial charge >= 0.3 is 5.97 Å². The van der Waals surface area contributed by atoms with Gasteiger partial charge in [-0.15, -0.1) is 0 Å². The van der Waals surface area contributed by atoms with E-state index < -0.39 is 21.2 Å². The van der Waals surface area contributed by atoms with E-state index in [1.165, 1.54) is 0 Å². The Morgan fingerprint density at radius 3 is 2.47 bits per heavy atom. The first kappa shape index (κ1) is 14.0. The molecule has 2 N–H and O–H groups in total. The second kappa shape index (κ2) is 5.05. The third kappa shape index (κ3) is 3.71. The minimum atomic E-state index is -3.92. The molecule has 0 spiro atoms. The molecule has 0 saturated heterocycles. The molecule has 0 aliphatic rings. The second-order valence-electron chi connectivity index (χ2n) is 3.64. The van der Waals surface area contributed by atoms with Gasteiger partial charge in [-0.3, -0.25) is 9.52 Å². The zero-order chi connectivity index (χ0) is 13.2. The molecule has 1 aromatic rings. The number of carboxylic acid groups (broad SMARTS) is 1. The molecule has 1 rings (SSSR count). The van der Waals surface area contributed by atoms with Crippen LogP contribution in [0.2, 0.25) is 0 Å². The molecular weight excluding hydrogens is 310 g/mol. The lowest BCUT2D eigenvalue weighted by Crippen LogP contribution is -2.32. The molecule has 0 aromatic heterocycles. The van der Waals surface area contributed by atoms with Crippen LogP contribution in [0, 0.1) is 6.92 Å². The molecule has 1 aromatic carbocycles. The fraction of sp³-hybridized carbons (Fsp3) is 0.300. The predicted molar refractivity (Wildman–Crippen MR) is 68.5 cm³/mol. The van der Waals surface area contributed by atoms with E-state index >= 15 is 0 Å². The van der Waals surface area contributed by atoms with Crippen LogP contribution in [0.4, 0.5) is 5.69 Å². The van der Waals surface area contributed by atoms with Gasteiger partial charge in [-0.25, -0.2) is 8.42 Å². The molecule has 5 nitrogen and oxygen atoms in total. The quantitative estimate of drug-likeness (QED) is 0.888. The van der Waals surface area contributed by atoms with E-state index in [1.807, 2.05) is 13.0 Å². The van der Waals surface area contributed by atoms with Crippen LogP contribution in [0.25, 0.3) is 0 Å². The maximum absolute atomic E-state index is 11.7. The first-order valence-electron chi connectivity index (χ1n) is 4.74. The summed E-state index contributed by atoms with van der Waals surface area (Å²) >= 11 is 3.24. The van der Waals surface area contributed by atoms with Gasteiger partial charge in [0.05, 0.1) is 0 Å². The summed E-state index contributed by atoms with van der Waals surface area (Å²) in [6.07, 6.45) is 0. The Balaban J connectivity index is 3.02. The van der Waals surface area contributed by atoms with Gasteiger partial charge < -0.3 is 5.11 Å². The van der Waals surface area contributed by atoms with Crippen molar-refractivity contribution in [2.45, 2.75) is 19.1 Å². The topological polar surface area (TPSA) is 83.5 Å². The second-order valence-corrected chi connectivity index (χ2v) is 6.56. The number of carbonyl (C=O) groups is 1. The van der Waals surface area contributed by atoms with Crippen molar-refractivity contribution < 1.29 is 18.3 Å². The number of anilines is 1. The summed E-state index contributed by atoms with van der Waals surface area (Å²) < 4.78 is 26.3. The summed E-state index contributed by atoms with van der Waals surface area (Å²) in [7, 11) is -3.92. The van der Waals surface area contributed by atoms with Gasteiger partial charge in [-0.1, -0.05) is 15.9 Å². The minimum Gasteiger partial charge on any atom is -0.480 e. The van der Waals surface area contributed by atoms with Crippen LogP contribution >= 0.6 is 15.9 Å². The van der Waals surface area contributed by atoms with E-state index in [4.69, 9.17) is 5.11 Å². The molecule has 17 heavy (non-hydrogen) atoms. The number of rotatable bonds is 4. The number of sulfonamides is 1. The molecule has 1 unspecified atom stereocenters. The molecule has 0 aliphatic heterocycles. The summed E-state index contributed by atoms with van der Waals surface area (Å²) in [5, 5.41) is 7.18. The van der Waals surface area contributed by atoms with Crippen molar-refractivity contribution in [3.8, 4) is 0 Å². The number of hydrogen-bond acceptors (Lipinski definition) is 3. The molecule has 0 aliphatic carbocycles. The van der Waals surface area contributed by atoms with E-state index in [0.717, 1.165) is 17.0 Å². The first-order valence-corrected chi connectivity index (χ1v) is 7.08. The summed E-state index contributed by atoms with van der Waals surface area (Å²) in [5.74, 6) is -1.38. The van der Waals surface area contributed by atoms with Gasteiger partial charge in [0.15, 0.2) is 5.25 Å². The molecule has 0 radical (unpaired) electrons.